The maximum atomic E-state index is 12.7. The SMILES string of the molecule is Cc1nn(C(F)F)c(C)c1CC(=O)NCc1ccc(C(=O)O)s1. The number of carbonyl (C=O) groups is 2. The number of aromatic nitrogens is 2. The fourth-order valence-corrected chi connectivity index (χ4v) is 2.93. The van der Waals surface area contributed by atoms with Gasteiger partial charge in [-0.1, -0.05) is 0 Å². The van der Waals surface area contributed by atoms with E-state index in [1.807, 2.05) is 0 Å². The number of carbonyl (C=O) groups excluding carboxylic acids is 1. The van der Waals surface area contributed by atoms with Gasteiger partial charge in [0.05, 0.1) is 18.7 Å². The van der Waals surface area contributed by atoms with Crippen molar-refractivity contribution in [3.63, 3.8) is 0 Å². The lowest BCUT2D eigenvalue weighted by Crippen LogP contribution is -2.24. The molecule has 0 aliphatic rings. The molecule has 9 heteroatoms. The van der Waals surface area contributed by atoms with Crippen molar-refractivity contribution in [1.29, 1.82) is 0 Å². The number of nitrogens with zero attached hydrogens (tertiary/aromatic N) is 2. The van der Waals surface area contributed by atoms with Crippen molar-refractivity contribution in [2.75, 3.05) is 0 Å². The maximum absolute atomic E-state index is 12.7. The van der Waals surface area contributed by atoms with Crippen LogP contribution in [-0.4, -0.2) is 26.8 Å². The first-order valence-corrected chi connectivity index (χ1v) is 7.52. The molecule has 6 nitrogen and oxygen atoms in total. The van der Waals surface area contributed by atoms with Gasteiger partial charge in [-0.3, -0.25) is 4.79 Å². The molecule has 0 saturated heterocycles. The third-order valence-corrected chi connectivity index (χ3v) is 4.40. The van der Waals surface area contributed by atoms with Crippen LogP contribution in [0.1, 0.15) is 38.0 Å². The number of carboxylic acids is 1. The van der Waals surface area contributed by atoms with Crippen molar-refractivity contribution in [3.8, 4) is 0 Å². The van der Waals surface area contributed by atoms with Crippen molar-refractivity contribution in [1.82, 2.24) is 15.1 Å². The molecule has 2 aromatic heterocycles. The van der Waals surface area contributed by atoms with E-state index >= 15 is 0 Å². The quantitative estimate of drug-likeness (QED) is 0.844. The van der Waals surface area contributed by atoms with Gasteiger partial charge in [-0.25, -0.2) is 9.48 Å². The van der Waals surface area contributed by atoms with E-state index in [0.29, 0.717) is 20.8 Å². The number of aryl methyl sites for hydroxylation is 1. The second-order valence-corrected chi connectivity index (χ2v) is 6.06. The minimum atomic E-state index is -2.74. The van der Waals surface area contributed by atoms with Crippen LogP contribution >= 0.6 is 11.3 Å². The number of hydrogen-bond donors (Lipinski definition) is 2. The minimum Gasteiger partial charge on any atom is -0.477 e. The highest BCUT2D eigenvalue weighted by Crippen LogP contribution is 2.20. The van der Waals surface area contributed by atoms with Crippen LogP contribution in [0.4, 0.5) is 8.78 Å². The highest BCUT2D eigenvalue weighted by atomic mass is 32.1. The van der Waals surface area contributed by atoms with Crippen molar-refractivity contribution >= 4 is 23.2 Å². The van der Waals surface area contributed by atoms with Gasteiger partial charge < -0.3 is 10.4 Å². The van der Waals surface area contributed by atoms with Crippen LogP contribution in [-0.2, 0) is 17.8 Å². The number of halogens is 2. The molecule has 0 fully saturated rings. The molecule has 0 atom stereocenters. The Hall–Kier alpha value is -2.29. The number of aromatic carboxylic acids is 1. The number of rotatable bonds is 6. The van der Waals surface area contributed by atoms with E-state index in [1.165, 1.54) is 13.0 Å². The zero-order chi connectivity index (χ0) is 17.1. The highest BCUT2D eigenvalue weighted by molar-refractivity contribution is 7.13. The Balaban J connectivity index is 1.98. The Bertz CT molecular complexity index is 740. The summed E-state index contributed by atoms with van der Waals surface area (Å²) in [7, 11) is 0. The molecule has 0 radical (unpaired) electrons. The Morgan fingerprint density at radius 2 is 2.09 bits per heavy atom. The average molecular weight is 343 g/mol. The van der Waals surface area contributed by atoms with Crippen LogP contribution in [0.5, 0.6) is 0 Å². The molecular formula is C14H15F2N3O3S. The monoisotopic (exact) mass is 343 g/mol. The molecule has 0 unspecified atom stereocenters. The summed E-state index contributed by atoms with van der Waals surface area (Å²) in [6.07, 6.45) is -0.0540. The van der Waals surface area contributed by atoms with Gasteiger partial charge in [0.25, 0.3) is 0 Å². The lowest BCUT2D eigenvalue weighted by Gasteiger charge is -2.05. The summed E-state index contributed by atoms with van der Waals surface area (Å²) in [6.45, 7) is 0.517. The molecule has 0 saturated carbocycles. The van der Waals surface area contributed by atoms with E-state index in [2.05, 4.69) is 10.4 Å². The molecule has 0 aliphatic heterocycles. The van der Waals surface area contributed by atoms with Crippen LogP contribution in [0.3, 0.4) is 0 Å². The van der Waals surface area contributed by atoms with E-state index < -0.39 is 12.5 Å². The number of nitrogens with one attached hydrogen (secondary N) is 1. The summed E-state index contributed by atoms with van der Waals surface area (Å²) in [6, 6.07) is 3.09. The van der Waals surface area contributed by atoms with Gasteiger partial charge in [-0.05, 0) is 26.0 Å². The molecule has 124 valence electrons. The lowest BCUT2D eigenvalue weighted by atomic mass is 10.1. The van der Waals surface area contributed by atoms with Gasteiger partial charge in [0.15, 0.2) is 0 Å². The Morgan fingerprint density at radius 1 is 1.39 bits per heavy atom. The normalized spacial score (nSPS) is 11.0. The number of carboxylic acid groups (broad SMARTS) is 1. The molecule has 2 heterocycles. The van der Waals surface area contributed by atoms with E-state index in [-0.39, 0.29) is 29.4 Å². The second-order valence-electron chi connectivity index (χ2n) is 4.90. The molecule has 1 amide bonds. The smallest absolute Gasteiger partial charge is 0.345 e. The van der Waals surface area contributed by atoms with Crippen LogP contribution in [0, 0.1) is 13.8 Å². The first-order valence-electron chi connectivity index (χ1n) is 6.71. The van der Waals surface area contributed by atoms with Gasteiger partial charge in [-0.15, -0.1) is 11.3 Å². The second kappa shape index (κ2) is 6.86. The minimum absolute atomic E-state index is 0.0540. The van der Waals surface area contributed by atoms with Crippen molar-refractivity contribution in [3.05, 3.63) is 38.8 Å². The number of hydrogen-bond acceptors (Lipinski definition) is 4. The van der Waals surface area contributed by atoms with E-state index in [9.17, 15) is 18.4 Å². The molecular weight excluding hydrogens is 328 g/mol. The predicted octanol–water partition coefficient (Wildman–Crippen LogP) is 2.51. The molecule has 23 heavy (non-hydrogen) atoms. The third-order valence-electron chi connectivity index (χ3n) is 3.33. The highest BCUT2D eigenvalue weighted by Gasteiger charge is 2.19. The average Bonchev–Trinajstić information content (AvgIpc) is 3.05. The Kier molecular flexibility index (Phi) is 5.09. The van der Waals surface area contributed by atoms with Crippen molar-refractivity contribution in [2.45, 2.75) is 33.4 Å². The van der Waals surface area contributed by atoms with Crippen LogP contribution in [0.15, 0.2) is 12.1 Å². The molecule has 2 aromatic rings. The third kappa shape index (κ3) is 3.92. The summed E-state index contributed by atoms with van der Waals surface area (Å²) in [5.41, 5.74) is 1.12. The largest absolute Gasteiger partial charge is 0.477 e. The summed E-state index contributed by atoms with van der Waals surface area (Å²) < 4.78 is 26.1. The van der Waals surface area contributed by atoms with E-state index in [4.69, 9.17) is 5.11 Å². The summed E-state index contributed by atoms with van der Waals surface area (Å²) in [4.78, 5) is 23.6. The number of alkyl halides is 2. The fourth-order valence-electron chi connectivity index (χ4n) is 2.14. The maximum Gasteiger partial charge on any atom is 0.345 e. The summed E-state index contributed by atoms with van der Waals surface area (Å²) >= 11 is 1.07. The number of thiophene rings is 1. The van der Waals surface area contributed by atoms with Crippen molar-refractivity contribution in [2.24, 2.45) is 0 Å². The fraction of sp³-hybridized carbons (Fsp3) is 0.357. The topological polar surface area (TPSA) is 84.2 Å². The first kappa shape index (κ1) is 17.1. The van der Waals surface area contributed by atoms with Gasteiger partial charge in [0.1, 0.15) is 4.88 Å². The molecule has 0 aliphatic carbocycles. The van der Waals surface area contributed by atoms with Gasteiger partial charge >= 0.3 is 12.5 Å². The molecule has 0 aromatic carbocycles. The number of amides is 1. The molecule has 0 bridgehead atoms. The summed E-state index contributed by atoms with van der Waals surface area (Å²) in [5.74, 6) is -1.35. The van der Waals surface area contributed by atoms with Crippen molar-refractivity contribution < 1.29 is 23.5 Å². The zero-order valence-corrected chi connectivity index (χ0v) is 13.3. The van der Waals surface area contributed by atoms with Crippen LogP contribution < -0.4 is 5.32 Å². The summed E-state index contributed by atoms with van der Waals surface area (Å²) in [5, 5.41) is 15.2. The molecule has 0 spiro atoms. The first-order chi connectivity index (χ1) is 10.8. The predicted molar refractivity (Wildman–Crippen MR) is 79.8 cm³/mol. The van der Waals surface area contributed by atoms with Gasteiger partial charge in [-0.2, -0.15) is 13.9 Å². The Labute approximate surface area is 134 Å². The van der Waals surface area contributed by atoms with Crippen LogP contribution in [0.2, 0.25) is 0 Å². The Morgan fingerprint density at radius 3 is 2.61 bits per heavy atom. The van der Waals surface area contributed by atoms with Crippen LogP contribution in [0.25, 0.3) is 0 Å². The standard InChI is InChI=1S/C14H15F2N3O3S/c1-7-10(8(2)19(18-7)14(15)16)5-12(20)17-6-9-3-4-11(23-9)13(21)22/h3-4,14H,5-6H2,1-2H3,(H,17,20)(H,21,22). The zero-order valence-electron chi connectivity index (χ0n) is 12.5. The molecule has 2 rings (SSSR count). The van der Waals surface area contributed by atoms with Gasteiger partial charge in [0, 0.05) is 16.1 Å². The lowest BCUT2D eigenvalue weighted by molar-refractivity contribution is -0.120. The molecule has 2 N–H and O–H groups in total. The van der Waals surface area contributed by atoms with E-state index in [1.54, 1.807) is 13.0 Å². The van der Waals surface area contributed by atoms with Gasteiger partial charge in [0.2, 0.25) is 5.91 Å². The van der Waals surface area contributed by atoms with E-state index in [0.717, 1.165) is 11.3 Å².